The second-order valence-electron chi connectivity index (χ2n) is 4.85. The van der Waals surface area contributed by atoms with E-state index in [-0.39, 0.29) is 12.0 Å². The Kier molecular flexibility index (Phi) is 5.25. The molecule has 5 nitrogen and oxygen atoms in total. The number of carbonyl (C=O) groups is 2. The van der Waals surface area contributed by atoms with Gasteiger partial charge in [0.25, 0.3) is 0 Å². The average molecular weight is 242 g/mol. The Balaban J connectivity index is 2.52. The molecule has 1 rings (SSSR count). The van der Waals surface area contributed by atoms with Crippen molar-refractivity contribution >= 4 is 12.0 Å². The van der Waals surface area contributed by atoms with E-state index in [2.05, 4.69) is 5.32 Å². The number of hydrogen-bond acceptors (Lipinski definition) is 3. The maximum Gasteiger partial charge on any atom is 0.328 e. The SMILES string of the molecule is COC(=O)C(CC(C)C)NC(=O)N1CCCC1. The van der Waals surface area contributed by atoms with Crippen LogP contribution in [0.2, 0.25) is 0 Å². The molecule has 0 saturated carbocycles. The monoisotopic (exact) mass is 242 g/mol. The van der Waals surface area contributed by atoms with Gasteiger partial charge < -0.3 is 15.0 Å². The first-order valence-corrected chi connectivity index (χ1v) is 6.18. The van der Waals surface area contributed by atoms with Gasteiger partial charge in [-0.3, -0.25) is 0 Å². The summed E-state index contributed by atoms with van der Waals surface area (Å²) in [4.78, 5) is 25.2. The normalized spacial score (nSPS) is 17.1. The fourth-order valence-corrected chi connectivity index (χ4v) is 1.99. The highest BCUT2D eigenvalue weighted by Crippen LogP contribution is 2.10. The zero-order valence-electron chi connectivity index (χ0n) is 10.9. The number of ether oxygens (including phenoxy) is 1. The van der Waals surface area contributed by atoms with Crippen LogP contribution in [0.5, 0.6) is 0 Å². The molecule has 0 aromatic carbocycles. The van der Waals surface area contributed by atoms with E-state index in [1.54, 1.807) is 4.90 Å². The Labute approximate surface area is 102 Å². The van der Waals surface area contributed by atoms with Gasteiger partial charge in [-0.05, 0) is 25.2 Å². The Hall–Kier alpha value is -1.26. The molecule has 1 aliphatic rings. The molecule has 0 radical (unpaired) electrons. The summed E-state index contributed by atoms with van der Waals surface area (Å²) >= 11 is 0. The van der Waals surface area contributed by atoms with Crippen LogP contribution in [-0.4, -0.2) is 43.1 Å². The third kappa shape index (κ3) is 4.24. The van der Waals surface area contributed by atoms with Crippen molar-refractivity contribution in [1.82, 2.24) is 10.2 Å². The fraction of sp³-hybridized carbons (Fsp3) is 0.833. The van der Waals surface area contributed by atoms with E-state index in [9.17, 15) is 9.59 Å². The largest absolute Gasteiger partial charge is 0.467 e. The number of rotatable bonds is 4. The second-order valence-corrected chi connectivity index (χ2v) is 4.85. The summed E-state index contributed by atoms with van der Waals surface area (Å²) in [5, 5.41) is 2.75. The number of amides is 2. The van der Waals surface area contributed by atoms with Crippen LogP contribution in [0.1, 0.15) is 33.1 Å². The summed E-state index contributed by atoms with van der Waals surface area (Å²) < 4.78 is 4.70. The maximum atomic E-state index is 11.9. The molecule has 1 heterocycles. The molecule has 1 fully saturated rings. The van der Waals surface area contributed by atoms with Crippen LogP contribution in [0.4, 0.5) is 4.79 Å². The van der Waals surface area contributed by atoms with Crippen molar-refractivity contribution in [1.29, 1.82) is 0 Å². The first-order chi connectivity index (χ1) is 8.04. The molecular formula is C12H22N2O3. The molecule has 2 amide bonds. The topological polar surface area (TPSA) is 58.6 Å². The van der Waals surface area contributed by atoms with Gasteiger partial charge in [0, 0.05) is 13.1 Å². The number of nitrogens with one attached hydrogen (secondary N) is 1. The number of urea groups is 1. The molecule has 1 N–H and O–H groups in total. The van der Waals surface area contributed by atoms with Gasteiger partial charge in [-0.25, -0.2) is 9.59 Å². The van der Waals surface area contributed by atoms with E-state index in [4.69, 9.17) is 4.74 Å². The van der Waals surface area contributed by atoms with E-state index in [0.717, 1.165) is 25.9 Å². The van der Waals surface area contributed by atoms with Gasteiger partial charge in [0.2, 0.25) is 0 Å². The van der Waals surface area contributed by atoms with E-state index < -0.39 is 6.04 Å². The Morgan fingerprint density at radius 3 is 2.35 bits per heavy atom. The lowest BCUT2D eigenvalue weighted by molar-refractivity contribution is -0.143. The lowest BCUT2D eigenvalue weighted by Crippen LogP contribution is -2.48. The van der Waals surface area contributed by atoms with E-state index in [1.165, 1.54) is 7.11 Å². The van der Waals surface area contributed by atoms with E-state index in [1.807, 2.05) is 13.8 Å². The summed E-state index contributed by atoms with van der Waals surface area (Å²) in [6.45, 7) is 5.58. The van der Waals surface area contributed by atoms with Crippen LogP contribution in [0.3, 0.4) is 0 Å². The number of hydrogen-bond donors (Lipinski definition) is 1. The summed E-state index contributed by atoms with van der Waals surface area (Å²) in [6, 6.07) is -0.688. The average Bonchev–Trinajstić information content (AvgIpc) is 2.79. The summed E-state index contributed by atoms with van der Waals surface area (Å²) in [6.07, 6.45) is 2.69. The van der Waals surface area contributed by atoms with Crippen LogP contribution in [0, 0.1) is 5.92 Å². The zero-order chi connectivity index (χ0) is 12.8. The molecule has 1 atom stereocenters. The number of likely N-dealkylation sites (tertiary alicyclic amines) is 1. The highest BCUT2D eigenvalue weighted by molar-refractivity contribution is 5.83. The van der Waals surface area contributed by atoms with E-state index >= 15 is 0 Å². The molecule has 0 bridgehead atoms. The van der Waals surface area contributed by atoms with Crippen molar-refractivity contribution in [3.05, 3.63) is 0 Å². The quantitative estimate of drug-likeness (QED) is 0.758. The minimum atomic E-state index is -0.534. The van der Waals surface area contributed by atoms with Crippen LogP contribution in [0.15, 0.2) is 0 Å². The highest BCUT2D eigenvalue weighted by atomic mass is 16.5. The molecule has 17 heavy (non-hydrogen) atoms. The van der Waals surface area contributed by atoms with Crippen LogP contribution in [-0.2, 0) is 9.53 Å². The Morgan fingerprint density at radius 2 is 1.88 bits per heavy atom. The molecule has 1 aliphatic heterocycles. The van der Waals surface area contributed by atoms with Gasteiger partial charge >= 0.3 is 12.0 Å². The maximum absolute atomic E-state index is 11.9. The lowest BCUT2D eigenvalue weighted by Gasteiger charge is -2.22. The smallest absolute Gasteiger partial charge is 0.328 e. The summed E-state index contributed by atoms with van der Waals surface area (Å²) in [5.41, 5.74) is 0. The predicted octanol–water partition coefficient (Wildman–Crippen LogP) is 1.38. The minimum absolute atomic E-state index is 0.154. The summed E-state index contributed by atoms with van der Waals surface area (Å²) in [5.74, 6) is -0.0378. The third-order valence-electron chi connectivity index (χ3n) is 2.88. The molecule has 0 aromatic rings. The zero-order valence-corrected chi connectivity index (χ0v) is 10.9. The molecule has 0 aromatic heterocycles. The molecule has 0 aliphatic carbocycles. The number of nitrogens with zero attached hydrogens (tertiary/aromatic N) is 1. The van der Waals surface area contributed by atoms with Gasteiger partial charge in [0.1, 0.15) is 6.04 Å². The fourth-order valence-electron chi connectivity index (χ4n) is 1.99. The molecule has 0 spiro atoms. The number of carbonyl (C=O) groups excluding carboxylic acids is 2. The third-order valence-corrected chi connectivity index (χ3v) is 2.88. The standard InChI is InChI=1S/C12H22N2O3/c1-9(2)8-10(11(15)17-3)13-12(16)14-6-4-5-7-14/h9-10H,4-8H2,1-3H3,(H,13,16). The minimum Gasteiger partial charge on any atom is -0.467 e. The summed E-state index contributed by atoms with van der Waals surface area (Å²) in [7, 11) is 1.34. The Bertz CT molecular complexity index is 273. The van der Waals surface area contributed by atoms with Crippen molar-refractivity contribution < 1.29 is 14.3 Å². The highest BCUT2D eigenvalue weighted by Gasteiger charge is 2.26. The molecule has 1 unspecified atom stereocenters. The Morgan fingerprint density at radius 1 is 1.29 bits per heavy atom. The second kappa shape index (κ2) is 6.47. The lowest BCUT2D eigenvalue weighted by atomic mass is 10.0. The van der Waals surface area contributed by atoms with Gasteiger partial charge in [-0.1, -0.05) is 13.8 Å². The van der Waals surface area contributed by atoms with Crippen molar-refractivity contribution in [2.24, 2.45) is 5.92 Å². The van der Waals surface area contributed by atoms with Crippen molar-refractivity contribution in [3.8, 4) is 0 Å². The van der Waals surface area contributed by atoms with Gasteiger partial charge in [-0.2, -0.15) is 0 Å². The van der Waals surface area contributed by atoms with Gasteiger partial charge in [0.05, 0.1) is 7.11 Å². The van der Waals surface area contributed by atoms with Gasteiger partial charge in [-0.15, -0.1) is 0 Å². The van der Waals surface area contributed by atoms with Crippen LogP contribution >= 0.6 is 0 Å². The predicted molar refractivity (Wildman–Crippen MR) is 64.6 cm³/mol. The molecule has 98 valence electrons. The van der Waals surface area contributed by atoms with Crippen molar-refractivity contribution in [3.63, 3.8) is 0 Å². The van der Waals surface area contributed by atoms with Crippen molar-refractivity contribution in [2.45, 2.75) is 39.2 Å². The first kappa shape index (κ1) is 13.8. The van der Waals surface area contributed by atoms with Crippen LogP contribution in [0.25, 0.3) is 0 Å². The first-order valence-electron chi connectivity index (χ1n) is 6.18. The van der Waals surface area contributed by atoms with E-state index in [0.29, 0.717) is 12.3 Å². The molecule has 5 heteroatoms. The van der Waals surface area contributed by atoms with Crippen molar-refractivity contribution in [2.75, 3.05) is 20.2 Å². The molecular weight excluding hydrogens is 220 g/mol. The number of esters is 1. The molecule has 1 saturated heterocycles. The number of methoxy groups -OCH3 is 1. The van der Waals surface area contributed by atoms with Crippen LogP contribution < -0.4 is 5.32 Å². The van der Waals surface area contributed by atoms with Gasteiger partial charge in [0.15, 0.2) is 0 Å².